The number of esters is 1. The van der Waals surface area contributed by atoms with Gasteiger partial charge in [0, 0.05) is 38.8 Å². The van der Waals surface area contributed by atoms with Crippen molar-refractivity contribution in [2.24, 2.45) is 0 Å². The Morgan fingerprint density at radius 1 is 1.00 bits per heavy atom. The van der Waals surface area contributed by atoms with Crippen LogP contribution in [-0.2, 0) is 9.59 Å². The average Bonchev–Trinajstić information content (AvgIpc) is 2.68. The van der Waals surface area contributed by atoms with Crippen LogP contribution in [0.15, 0.2) is 48.5 Å². The molecule has 1 heterocycles. The van der Waals surface area contributed by atoms with E-state index in [2.05, 4.69) is 4.90 Å². The Hall–Kier alpha value is -3.09. The van der Waals surface area contributed by atoms with Crippen LogP contribution in [0.4, 0.5) is 10.1 Å². The topological polar surface area (TPSA) is 59.1 Å². The summed E-state index contributed by atoms with van der Waals surface area (Å²) in [6, 6.07) is 13.0. The lowest BCUT2D eigenvalue weighted by Gasteiger charge is -2.35. The molecule has 1 fully saturated rings. The molecule has 0 bridgehead atoms. The fraction of sp³-hybridized carbons (Fsp3) is 0.300. The number of piperazine rings is 1. The second-order valence-electron chi connectivity index (χ2n) is 6.18. The van der Waals surface area contributed by atoms with Gasteiger partial charge in [0.1, 0.15) is 5.75 Å². The van der Waals surface area contributed by atoms with Crippen molar-refractivity contribution in [1.82, 2.24) is 4.90 Å². The number of nitrogens with zero attached hydrogens (tertiary/aromatic N) is 2. The number of ether oxygens (including phenoxy) is 2. The predicted molar refractivity (Wildman–Crippen MR) is 98.4 cm³/mol. The van der Waals surface area contributed by atoms with Gasteiger partial charge >= 0.3 is 5.97 Å². The highest BCUT2D eigenvalue weighted by Crippen LogP contribution is 2.21. The molecule has 0 atom stereocenters. The molecule has 27 heavy (non-hydrogen) atoms. The Balaban J connectivity index is 1.49. The Labute approximate surface area is 157 Å². The van der Waals surface area contributed by atoms with Crippen LogP contribution >= 0.6 is 0 Å². The van der Waals surface area contributed by atoms with Crippen LogP contribution in [-0.4, -0.2) is 49.6 Å². The molecule has 142 valence electrons. The van der Waals surface area contributed by atoms with E-state index in [0.717, 1.165) is 18.8 Å². The number of benzene rings is 2. The summed E-state index contributed by atoms with van der Waals surface area (Å²) in [6.07, 6.45) is 0. The fourth-order valence-electron chi connectivity index (χ4n) is 2.86. The third-order valence-electron chi connectivity index (χ3n) is 4.34. The van der Waals surface area contributed by atoms with Crippen molar-refractivity contribution in [2.45, 2.75) is 6.92 Å². The molecule has 0 saturated carbocycles. The molecule has 0 N–H and O–H groups in total. The maximum atomic E-state index is 13.5. The van der Waals surface area contributed by atoms with Gasteiger partial charge in [-0.05, 0) is 36.4 Å². The van der Waals surface area contributed by atoms with E-state index >= 15 is 0 Å². The molecule has 0 aromatic heterocycles. The monoisotopic (exact) mass is 372 g/mol. The summed E-state index contributed by atoms with van der Waals surface area (Å²) in [7, 11) is 0. The minimum atomic E-state index is -0.610. The van der Waals surface area contributed by atoms with Gasteiger partial charge in [0.25, 0.3) is 0 Å². The molecule has 1 aliphatic heterocycles. The van der Waals surface area contributed by atoms with Gasteiger partial charge in [-0.3, -0.25) is 4.79 Å². The van der Waals surface area contributed by atoms with Gasteiger partial charge in [-0.25, -0.2) is 9.18 Å². The summed E-state index contributed by atoms with van der Waals surface area (Å²) >= 11 is 0. The first-order valence-electron chi connectivity index (χ1n) is 8.71. The zero-order chi connectivity index (χ0) is 19.2. The SMILES string of the molecule is CC(=O)N1CCN(c2ccc(OC(=O)COc3ccccc3F)cc2)CC1. The number of para-hydroxylation sites is 1. The number of anilines is 1. The van der Waals surface area contributed by atoms with Gasteiger partial charge in [-0.15, -0.1) is 0 Å². The number of rotatable bonds is 5. The van der Waals surface area contributed by atoms with Crippen LogP contribution in [0.2, 0.25) is 0 Å². The quantitative estimate of drug-likeness (QED) is 0.596. The van der Waals surface area contributed by atoms with Gasteiger partial charge in [0.2, 0.25) is 5.91 Å². The Morgan fingerprint density at radius 2 is 1.67 bits per heavy atom. The van der Waals surface area contributed by atoms with Crippen molar-refractivity contribution < 1.29 is 23.5 Å². The van der Waals surface area contributed by atoms with Crippen LogP contribution in [0.25, 0.3) is 0 Å². The maximum Gasteiger partial charge on any atom is 0.349 e. The van der Waals surface area contributed by atoms with Gasteiger partial charge in [-0.2, -0.15) is 0 Å². The first-order chi connectivity index (χ1) is 13.0. The van der Waals surface area contributed by atoms with Crippen molar-refractivity contribution in [3.8, 4) is 11.5 Å². The van der Waals surface area contributed by atoms with E-state index in [1.807, 2.05) is 17.0 Å². The molecule has 1 amide bonds. The van der Waals surface area contributed by atoms with Crippen LogP contribution in [0, 0.1) is 5.82 Å². The normalized spacial score (nSPS) is 14.0. The van der Waals surface area contributed by atoms with Crippen molar-refractivity contribution in [1.29, 1.82) is 0 Å². The standard InChI is InChI=1S/C20H21FN2O4/c1-15(24)22-10-12-23(13-11-22)16-6-8-17(9-7-16)27-20(25)14-26-19-5-3-2-4-18(19)21/h2-9H,10-14H2,1H3. The first kappa shape index (κ1) is 18.7. The average molecular weight is 372 g/mol. The highest BCUT2D eigenvalue weighted by atomic mass is 19.1. The van der Waals surface area contributed by atoms with E-state index < -0.39 is 11.8 Å². The Bertz CT molecular complexity index is 802. The lowest BCUT2D eigenvalue weighted by molar-refractivity contribution is -0.136. The van der Waals surface area contributed by atoms with E-state index in [0.29, 0.717) is 18.8 Å². The lowest BCUT2D eigenvalue weighted by atomic mass is 10.2. The fourth-order valence-corrected chi connectivity index (χ4v) is 2.86. The highest BCUT2D eigenvalue weighted by Gasteiger charge is 2.18. The maximum absolute atomic E-state index is 13.5. The summed E-state index contributed by atoms with van der Waals surface area (Å²) in [4.78, 5) is 27.2. The minimum Gasteiger partial charge on any atom is -0.479 e. The molecule has 6 nitrogen and oxygen atoms in total. The molecule has 1 aliphatic rings. The lowest BCUT2D eigenvalue weighted by Crippen LogP contribution is -2.48. The molecule has 0 radical (unpaired) electrons. The molecule has 3 rings (SSSR count). The van der Waals surface area contributed by atoms with Crippen LogP contribution in [0.1, 0.15) is 6.92 Å². The summed E-state index contributed by atoms with van der Waals surface area (Å²) in [5.41, 5.74) is 1.00. The third-order valence-corrected chi connectivity index (χ3v) is 4.34. The van der Waals surface area contributed by atoms with Crippen LogP contribution in [0.5, 0.6) is 11.5 Å². The molecule has 7 heteroatoms. The van der Waals surface area contributed by atoms with Crippen molar-refractivity contribution in [3.63, 3.8) is 0 Å². The van der Waals surface area contributed by atoms with Crippen molar-refractivity contribution >= 4 is 17.6 Å². The summed E-state index contributed by atoms with van der Waals surface area (Å²) in [5.74, 6) is -0.645. The van der Waals surface area contributed by atoms with Crippen molar-refractivity contribution in [3.05, 3.63) is 54.3 Å². The molecule has 1 saturated heterocycles. The second-order valence-corrected chi connectivity index (χ2v) is 6.18. The molecule has 0 unspecified atom stereocenters. The van der Waals surface area contributed by atoms with E-state index in [-0.39, 0.29) is 18.3 Å². The van der Waals surface area contributed by atoms with Crippen LogP contribution < -0.4 is 14.4 Å². The predicted octanol–water partition coefficient (Wildman–Crippen LogP) is 2.48. The van der Waals surface area contributed by atoms with E-state index in [9.17, 15) is 14.0 Å². The Kier molecular flexibility index (Phi) is 5.90. The molecular formula is C20H21FN2O4. The largest absolute Gasteiger partial charge is 0.479 e. The second kappa shape index (κ2) is 8.53. The highest BCUT2D eigenvalue weighted by molar-refractivity contribution is 5.74. The summed E-state index contributed by atoms with van der Waals surface area (Å²) < 4.78 is 23.8. The van der Waals surface area contributed by atoms with Gasteiger partial charge in [0.15, 0.2) is 18.2 Å². The molecule has 2 aromatic rings. The number of carbonyl (C=O) groups is 2. The number of carbonyl (C=O) groups excluding carboxylic acids is 2. The van der Waals surface area contributed by atoms with Crippen molar-refractivity contribution in [2.75, 3.05) is 37.7 Å². The molecule has 0 aliphatic carbocycles. The van der Waals surface area contributed by atoms with E-state index in [4.69, 9.17) is 9.47 Å². The molecule has 2 aromatic carbocycles. The molecular weight excluding hydrogens is 351 g/mol. The van der Waals surface area contributed by atoms with E-state index in [1.165, 1.54) is 12.1 Å². The summed E-state index contributed by atoms with van der Waals surface area (Å²) in [5, 5.41) is 0. The molecule has 0 spiro atoms. The zero-order valence-corrected chi connectivity index (χ0v) is 15.1. The number of hydrogen-bond acceptors (Lipinski definition) is 5. The Morgan fingerprint density at radius 3 is 2.30 bits per heavy atom. The number of hydrogen-bond donors (Lipinski definition) is 0. The number of amides is 1. The first-order valence-corrected chi connectivity index (χ1v) is 8.71. The number of halogens is 1. The summed E-state index contributed by atoms with van der Waals surface area (Å²) in [6.45, 7) is 4.10. The van der Waals surface area contributed by atoms with E-state index in [1.54, 1.807) is 31.2 Å². The zero-order valence-electron chi connectivity index (χ0n) is 15.1. The smallest absolute Gasteiger partial charge is 0.349 e. The van der Waals surface area contributed by atoms with Crippen LogP contribution in [0.3, 0.4) is 0 Å². The van der Waals surface area contributed by atoms with Gasteiger partial charge < -0.3 is 19.3 Å². The van der Waals surface area contributed by atoms with Gasteiger partial charge in [-0.1, -0.05) is 12.1 Å². The van der Waals surface area contributed by atoms with Gasteiger partial charge in [0.05, 0.1) is 0 Å². The minimum absolute atomic E-state index is 0.00880. The third kappa shape index (κ3) is 4.97.